The highest BCUT2D eigenvalue weighted by Crippen LogP contribution is 2.36. The maximum Gasteiger partial charge on any atom is 0.293 e. The molecule has 0 spiro atoms. The van der Waals surface area contributed by atoms with Crippen LogP contribution in [0.1, 0.15) is 47.7 Å². The van der Waals surface area contributed by atoms with Crippen LogP contribution in [0.3, 0.4) is 0 Å². The first-order valence-electron chi connectivity index (χ1n) is 10.7. The number of carbonyl (C=O) groups excluding carboxylic acids is 1. The fourth-order valence-electron chi connectivity index (χ4n) is 4.35. The molecule has 3 aromatic rings. The SMILES string of the molecule is COc1cc(N(C2CC2)C2CCN(C(=O)c3nc4nc(C)cc(C)n4n3)CC2)ncn1. The molecule has 2 fully saturated rings. The van der Waals surface area contributed by atoms with E-state index in [1.165, 1.54) is 12.8 Å². The molecule has 0 aromatic carbocycles. The van der Waals surface area contributed by atoms with Gasteiger partial charge < -0.3 is 14.5 Å². The van der Waals surface area contributed by atoms with Crippen LogP contribution in [0.2, 0.25) is 0 Å². The quantitative estimate of drug-likeness (QED) is 0.614. The second-order valence-corrected chi connectivity index (χ2v) is 8.27. The Morgan fingerprint density at radius 1 is 1.06 bits per heavy atom. The molecule has 31 heavy (non-hydrogen) atoms. The molecule has 2 aliphatic rings. The lowest BCUT2D eigenvalue weighted by Gasteiger charge is -2.39. The van der Waals surface area contributed by atoms with Crippen molar-refractivity contribution in [2.75, 3.05) is 25.1 Å². The predicted molar refractivity (Wildman–Crippen MR) is 113 cm³/mol. The Morgan fingerprint density at radius 2 is 1.81 bits per heavy atom. The summed E-state index contributed by atoms with van der Waals surface area (Å²) in [5.74, 6) is 2.01. The van der Waals surface area contributed by atoms with E-state index in [0.29, 0.717) is 36.8 Å². The van der Waals surface area contributed by atoms with Crippen LogP contribution >= 0.6 is 0 Å². The molecule has 10 nitrogen and oxygen atoms in total. The number of hydrogen-bond acceptors (Lipinski definition) is 8. The maximum atomic E-state index is 13.1. The molecular formula is C21H26N8O2. The van der Waals surface area contributed by atoms with Crippen LogP contribution in [0, 0.1) is 13.8 Å². The minimum atomic E-state index is -0.136. The molecule has 1 aliphatic heterocycles. The lowest BCUT2D eigenvalue weighted by molar-refractivity contribution is 0.0699. The van der Waals surface area contributed by atoms with Crippen LogP contribution in [0.4, 0.5) is 5.82 Å². The lowest BCUT2D eigenvalue weighted by atomic mass is 10.0. The van der Waals surface area contributed by atoms with Crippen molar-refractivity contribution in [3.05, 3.63) is 35.7 Å². The van der Waals surface area contributed by atoms with Crippen molar-refractivity contribution >= 4 is 17.5 Å². The highest BCUT2D eigenvalue weighted by molar-refractivity contribution is 5.91. The Bertz CT molecular complexity index is 1120. The summed E-state index contributed by atoms with van der Waals surface area (Å²) in [6.07, 6.45) is 5.64. The number of likely N-dealkylation sites (tertiary alicyclic amines) is 1. The molecule has 1 aliphatic carbocycles. The van der Waals surface area contributed by atoms with Gasteiger partial charge in [-0.25, -0.2) is 19.5 Å². The molecule has 1 saturated heterocycles. The van der Waals surface area contributed by atoms with Crippen molar-refractivity contribution in [1.29, 1.82) is 0 Å². The second kappa shape index (κ2) is 7.75. The van der Waals surface area contributed by atoms with Gasteiger partial charge in [0.1, 0.15) is 12.1 Å². The summed E-state index contributed by atoms with van der Waals surface area (Å²) in [7, 11) is 1.61. The summed E-state index contributed by atoms with van der Waals surface area (Å²) in [4.78, 5) is 34.7. The van der Waals surface area contributed by atoms with Crippen molar-refractivity contribution in [3.8, 4) is 5.88 Å². The minimum Gasteiger partial charge on any atom is -0.481 e. The number of amides is 1. The third-order valence-corrected chi connectivity index (χ3v) is 6.00. The van der Waals surface area contributed by atoms with Crippen molar-refractivity contribution in [2.45, 2.75) is 51.6 Å². The summed E-state index contributed by atoms with van der Waals surface area (Å²) in [5.41, 5.74) is 1.77. The van der Waals surface area contributed by atoms with E-state index in [9.17, 15) is 4.79 Å². The topological polar surface area (TPSA) is 102 Å². The molecule has 0 unspecified atom stereocenters. The summed E-state index contributed by atoms with van der Waals surface area (Å²) < 4.78 is 6.91. The number of aromatic nitrogens is 6. The highest BCUT2D eigenvalue weighted by atomic mass is 16.5. The third kappa shape index (κ3) is 3.77. The second-order valence-electron chi connectivity index (χ2n) is 8.27. The first kappa shape index (κ1) is 19.7. The molecule has 162 valence electrons. The Kier molecular flexibility index (Phi) is 4.91. The number of carbonyl (C=O) groups is 1. The van der Waals surface area contributed by atoms with E-state index in [-0.39, 0.29) is 11.7 Å². The number of methoxy groups -OCH3 is 1. The molecule has 5 rings (SSSR count). The van der Waals surface area contributed by atoms with E-state index in [4.69, 9.17) is 4.74 Å². The van der Waals surface area contributed by atoms with Gasteiger partial charge in [-0.15, -0.1) is 5.10 Å². The standard InChI is InChI=1S/C21H26N8O2/c1-13-10-14(2)29-21(24-13)25-19(26-29)20(30)27-8-6-16(7-9-27)28(15-4-5-15)17-11-18(31-3)23-12-22-17/h10-12,15-16H,4-9H2,1-3H3. The number of anilines is 1. The molecule has 0 atom stereocenters. The zero-order valence-electron chi connectivity index (χ0n) is 18.0. The Morgan fingerprint density at radius 3 is 2.52 bits per heavy atom. The number of ether oxygens (including phenoxy) is 1. The number of rotatable bonds is 5. The van der Waals surface area contributed by atoms with Crippen molar-refractivity contribution in [3.63, 3.8) is 0 Å². The largest absolute Gasteiger partial charge is 0.481 e. The van der Waals surface area contributed by atoms with Crippen molar-refractivity contribution in [2.24, 2.45) is 0 Å². The van der Waals surface area contributed by atoms with Gasteiger partial charge in [-0.1, -0.05) is 0 Å². The first-order valence-corrected chi connectivity index (χ1v) is 10.7. The van der Waals surface area contributed by atoms with E-state index in [0.717, 1.165) is 30.0 Å². The summed E-state index contributed by atoms with van der Waals surface area (Å²) in [5, 5.41) is 4.40. The average Bonchev–Trinajstić information content (AvgIpc) is 3.51. The minimum absolute atomic E-state index is 0.136. The zero-order valence-corrected chi connectivity index (χ0v) is 18.0. The van der Waals surface area contributed by atoms with Gasteiger partial charge in [-0.3, -0.25) is 4.79 Å². The van der Waals surface area contributed by atoms with Gasteiger partial charge in [-0.05, 0) is 45.6 Å². The monoisotopic (exact) mass is 422 g/mol. The van der Waals surface area contributed by atoms with E-state index in [1.807, 2.05) is 30.9 Å². The molecular weight excluding hydrogens is 396 g/mol. The van der Waals surface area contributed by atoms with Gasteiger partial charge in [0.25, 0.3) is 11.7 Å². The Balaban J connectivity index is 1.30. The Hall–Kier alpha value is -3.30. The van der Waals surface area contributed by atoms with Crippen molar-refractivity contribution < 1.29 is 9.53 Å². The van der Waals surface area contributed by atoms with Crippen molar-refractivity contribution in [1.82, 2.24) is 34.4 Å². The van der Waals surface area contributed by atoms with Gasteiger partial charge >= 0.3 is 0 Å². The number of fused-ring (bicyclic) bond motifs is 1. The molecule has 0 N–H and O–H groups in total. The molecule has 0 bridgehead atoms. The van der Waals surface area contributed by atoms with Crippen LogP contribution in [0.5, 0.6) is 5.88 Å². The predicted octanol–water partition coefficient (Wildman–Crippen LogP) is 1.81. The van der Waals surface area contributed by atoms with Crippen LogP contribution in [0.25, 0.3) is 5.78 Å². The molecule has 4 heterocycles. The Labute approximate surface area is 180 Å². The summed E-state index contributed by atoms with van der Waals surface area (Å²) in [6, 6.07) is 4.66. The summed E-state index contributed by atoms with van der Waals surface area (Å²) >= 11 is 0. The molecule has 0 radical (unpaired) electrons. The number of hydrogen-bond donors (Lipinski definition) is 0. The van der Waals surface area contributed by atoms with E-state index in [1.54, 1.807) is 18.0 Å². The third-order valence-electron chi connectivity index (χ3n) is 6.00. The fourth-order valence-corrected chi connectivity index (χ4v) is 4.35. The van der Waals surface area contributed by atoms with Gasteiger partial charge in [0.2, 0.25) is 11.7 Å². The van der Waals surface area contributed by atoms with E-state index >= 15 is 0 Å². The zero-order chi connectivity index (χ0) is 21.5. The average molecular weight is 422 g/mol. The van der Waals surface area contributed by atoms with Crippen LogP contribution in [0.15, 0.2) is 18.5 Å². The first-order chi connectivity index (χ1) is 15.0. The molecule has 3 aromatic heterocycles. The highest BCUT2D eigenvalue weighted by Gasteiger charge is 2.37. The smallest absolute Gasteiger partial charge is 0.293 e. The van der Waals surface area contributed by atoms with E-state index in [2.05, 4.69) is 29.9 Å². The van der Waals surface area contributed by atoms with Gasteiger partial charge in [-0.2, -0.15) is 4.98 Å². The van der Waals surface area contributed by atoms with E-state index < -0.39 is 0 Å². The fraction of sp³-hybridized carbons (Fsp3) is 0.524. The number of aryl methyl sites for hydroxylation is 2. The lowest BCUT2D eigenvalue weighted by Crippen LogP contribution is -2.48. The van der Waals surface area contributed by atoms with Crippen LogP contribution in [-0.4, -0.2) is 72.6 Å². The summed E-state index contributed by atoms with van der Waals surface area (Å²) in [6.45, 7) is 5.17. The maximum absolute atomic E-state index is 13.1. The molecule has 1 saturated carbocycles. The number of nitrogens with zero attached hydrogens (tertiary/aromatic N) is 8. The van der Waals surface area contributed by atoms with Gasteiger partial charge in [0.15, 0.2) is 0 Å². The van der Waals surface area contributed by atoms with Crippen LogP contribution < -0.4 is 9.64 Å². The normalized spacial score (nSPS) is 17.2. The molecule has 10 heteroatoms. The van der Waals surface area contributed by atoms with Gasteiger partial charge in [0.05, 0.1) is 7.11 Å². The number of piperidine rings is 1. The van der Waals surface area contributed by atoms with Crippen LogP contribution in [-0.2, 0) is 0 Å². The molecule has 1 amide bonds. The van der Waals surface area contributed by atoms with Gasteiger partial charge in [0, 0.05) is 42.6 Å².